The summed E-state index contributed by atoms with van der Waals surface area (Å²) < 4.78 is 29.2. The van der Waals surface area contributed by atoms with Gasteiger partial charge in [-0.2, -0.15) is 5.10 Å². The van der Waals surface area contributed by atoms with E-state index in [-0.39, 0.29) is 0 Å². The van der Waals surface area contributed by atoms with Crippen molar-refractivity contribution in [2.45, 2.75) is 38.6 Å². The van der Waals surface area contributed by atoms with Gasteiger partial charge in [-0.05, 0) is 40.4 Å². The third-order valence-electron chi connectivity index (χ3n) is 3.48. The summed E-state index contributed by atoms with van der Waals surface area (Å²) in [5.74, 6) is 0. The van der Waals surface area contributed by atoms with Gasteiger partial charge in [0.2, 0.25) is 10.0 Å². The smallest absolute Gasteiger partial charge is 0.244 e. The van der Waals surface area contributed by atoms with Gasteiger partial charge < -0.3 is 10.6 Å². The molecule has 3 N–H and O–H groups in total. The molecule has 1 aromatic heterocycles. The van der Waals surface area contributed by atoms with Gasteiger partial charge in [-0.3, -0.25) is 4.68 Å². The number of hydrogen-bond donors (Lipinski definition) is 2. The summed E-state index contributed by atoms with van der Waals surface area (Å²) in [6.07, 6.45) is 0.774. The number of likely N-dealkylation sites (N-methyl/N-ethyl adjacent to an activating group) is 1. The SMILES string of the molecule is CCN(C)CCNS(=O)(=O)c1c(C)nn(CCCN)c1C. The van der Waals surface area contributed by atoms with Crippen molar-refractivity contribution in [2.75, 3.05) is 33.2 Å². The lowest BCUT2D eigenvalue weighted by Gasteiger charge is -2.14. The Morgan fingerprint density at radius 3 is 2.62 bits per heavy atom. The van der Waals surface area contributed by atoms with Crippen LogP contribution in [0.5, 0.6) is 0 Å². The van der Waals surface area contributed by atoms with E-state index in [4.69, 9.17) is 5.73 Å². The minimum absolute atomic E-state index is 0.290. The molecule has 122 valence electrons. The van der Waals surface area contributed by atoms with Crippen LogP contribution in [-0.4, -0.2) is 56.3 Å². The van der Waals surface area contributed by atoms with Crippen LogP contribution in [0.4, 0.5) is 0 Å². The Morgan fingerprint density at radius 1 is 1.38 bits per heavy atom. The molecule has 7 nitrogen and oxygen atoms in total. The van der Waals surface area contributed by atoms with E-state index in [9.17, 15) is 8.42 Å². The lowest BCUT2D eigenvalue weighted by Crippen LogP contribution is -2.33. The highest BCUT2D eigenvalue weighted by Crippen LogP contribution is 2.19. The molecule has 0 aliphatic heterocycles. The van der Waals surface area contributed by atoms with Crippen LogP contribution in [0.3, 0.4) is 0 Å². The van der Waals surface area contributed by atoms with E-state index in [0.717, 1.165) is 13.0 Å². The Bertz CT molecular complexity index is 553. The topological polar surface area (TPSA) is 93.2 Å². The van der Waals surface area contributed by atoms with E-state index < -0.39 is 10.0 Å². The molecule has 0 radical (unpaired) electrons. The summed E-state index contributed by atoms with van der Waals surface area (Å²) in [7, 11) is -1.57. The average Bonchev–Trinajstić information content (AvgIpc) is 2.71. The highest BCUT2D eigenvalue weighted by Gasteiger charge is 2.24. The second kappa shape index (κ2) is 7.88. The number of sulfonamides is 1. The van der Waals surface area contributed by atoms with Crippen molar-refractivity contribution in [3.05, 3.63) is 11.4 Å². The molecule has 0 saturated carbocycles. The van der Waals surface area contributed by atoms with Gasteiger partial charge in [0.25, 0.3) is 0 Å². The van der Waals surface area contributed by atoms with Gasteiger partial charge in [0.15, 0.2) is 0 Å². The van der Waals surface area contributed by atoms with E-state index in [0.29, 0.717) is 42.5 Å². The first-order valence-corrected chi connectivity index (χ1v) is 8.74. The molecule has 0 aromatic carbocycles. The summed E-state index contributed by atoms with van der Waals surface area (Å²) >= 11 is 0. The second-order valence-electron chi connectivity index (χ2n) is 5.16. The van der Waals surface area contributed by atoms with Gasteiger partial charge in [-0.15, -0.1) is 0 Å². The molecule has 0 atom stereocenters. The van der Waals surface area contributed by atoms with Gasteiger partial charge in [0, 0.05) is 19.6 Å². The van der Waals surface area contributed by atoms with Crippen LogP contribution in [0.1, 0.15) is 24.7 Å². The molecule has 0 saturated heterocycles. The van der Waals surface area contributed by atoms with Crippen molar-refractivity contribution in [1.82, 2.24) is 19.4 Å². The fraction of sp³-hybridized carbons (Fsp3) is 0.769. The fourth-order valence-electron chi connectivity index (χ4n) is 2.13. The van der Waals surface area contributed by atoms with Crippen molar-refractivity contribution >= 4 is 10.0 Å². The lowest BCUT2D eigenvalue weighted by atomic mass is 10.4. The minimum atomic E-state index is -3.52. The maximum atomic E-state index is 12.4. The fourth-order valence-corrected chi connectivity index (χ4v) is 3.56. The number of hydrogen-bond acceptors (Lipinski definition) is 5. The van der Waals surface area contributed by atoms with Gasteiger partial charge in [-0.1, -0.05) is 6.92 Å². The predicted molar refractivity (Wildman–Crippen MR) is 83.7 cm³/mol. The van der Waals surface area contributed by atoms with Crippen molar-refractivity contribution in [1.29, 1.82) is 0 Å². The molecule has 0 fully saturated rings. The largest absolute Gasteiger partial charge is 0.330 e. The summed E-state index contributed by atoms with van der Waals surface area (Å²) in [6, 6.07) is 0. The van der Waals surface area contributed by atoms with Crippen LogP contribution in [-0.2, 0) is 16.6 Å². The zero-order chi connectivity index (χ0) is 16.0. The predicted octanol–water partition coefficient (Wildman–Crippen LogP) is 0.0787. The third kappa shape index (κ3) is 4.77. The Morgan fingerprint density at radius 2 is 2.05 bits per heavy atom. The van der Waals surface area contributed by atoms with E-state index in [1.807, 2.05) is 18.9 Å². The molecular weight excluding hydrogens is 290 g/mol. The van der Waals surface area contributed by atoms with Crippen molar-refractivity contribution < 1.29 is 8.42 Å². The van der Waals surface area contributed by atoms with Crippen LogP contribution >= 0.6 is 0 Å². The highest BCUT2D eigenvalue weighted by molar-refractivity contribution is 7.89. The van der Waals surface area contributed by atoms with Crippen LogP contribution in [0.25, 0.3) is 0 Å². The Balaban J connectivity index is 2.85. The van der Waals surface area contributed by atoms with Crippen LogP contribution in [0.15, 0.2) is 4.90 Å². The normalized spacial score (nSPS) is 12.3. The van der Waals surface area contributed by atoms with Gasteiger partial charge in [-0.25, -0.2) is 13.1 Å². The van der Waals surface area contributed by atoms with E-state index in [1.165, 1.54) is 0 Å². The molecule has 0 bridgehead atoms. The number of aryl methyl sites for hydroxylation is 2. The maximum absolute atomic E-state index is 12.4. The number of aromatic nitrogens is 2. The quantitative estimate of drug-likeness (QED) is 0.673. The molecule has 0 unspecified atom stereocenters. The molecule has 0 aliphatic carbocycles. The van der Waals surface area contributed by atoms with Gasteiger partial charge in [0.05, 0.1) is 11.4 Å². The summed E-state index contributed by atoms with van der Waals surface area (Å²) in [5.41, 5.74) is 6.68. The molecule has 1 aromatic rings. The maximum Gasteiger partial charge on any atom is 0.244 e. The van der Waals surface area contributed by atoms with Crippen molar-refractivity contribution in [3.8, 4) is 0 Å². The number of nitrogens with zero attached hydrogens (tertiary/aromatic N) is 3. The van der Waals surface area contributed by atoms with Crippen LogP contribution in [0, 0.1) is 13.8 Å². The molecule has 8 heteroatoms. The number of rotatable bonds is 9. The first kappa shape index (κ1) is 18.1. The summed E-state index contributed by atoms with van der Waals surface area (Å²) in [6.45, 7) is 8.68. The molecule has 1 heterocycles. The third-order valence-corrected chi connectivity index (χ3v) is 5.20. The monoisotopic (exact) mass is 317 g/mol. The summed E-state index contributed by atoms with van der Waals surface area (Å²) in [5, 5.41) is 4.30. The number of nitrogens with one attached hydrogen (secondary N) is 1. The van der Waals surface area contributed by atoms with E-state index in [2.05, 4.69) is 9.82 Å². The Kier molecular flexibility index (Phi) is 6.79. The first-order chi connectivity index (χ1) is 9.83. The average molecular weight is 317 g/mol. The van der Waals surface area contributed by atoms with E-state index >= 15 is 0 Å². The van der Waals surface area contributed by atoms with E-state index in [1.54, 1.807) is 18.5 Å². The zero-order valence-corrected chi connectivity index (χ0v) is 14.2. The van der Waals surface area contributed by atoms with Crippen molar-refractivity contribution in [2.24, 2.45) is 5.73 Å². The molecule has 0 amide bonds. The first-order valence-electron chi connectivity index (χ1n) is 7.25. The molecule has 0 spiro atoms. The zero-order valence-electron chi connectivity index (χ0n) is 13.4. The highest BCUT2D eigenvalue weighted by atomic mass is 32.2. The van der Waals surface area contributed by atoms with Crippen LogP contribution < -0.4 is 10.5 Å². The van der Waals surface area contributed by atoms with Gasteiger partial charge in [0.1, 0.15) is 4.90 Å². The van der Waals surface area contributed by atoms with Crippen molar-refractivity contribution in [3.63, 3.8) is 0 Å². The van der Waals surface area contributed by atoms with Gasteiger partial charge >= 0.3 is 0 Å². The summed E-state index contributed by atoms with van der Waals surface area (Å²) in [4.78, 5) is 2.34. The molecule has 1 rings (SSSR count). The molecular formula is C13H27N5O2S. The minimum Gasteiger partial charge on any atom is -0.330 e. The Labute approximate surface area is 127 Å². The molecule has 0 aliphatic rings. The standard InChI is InChI=1S/C13H27N5O2S/c1-5-17(4)10-8-15-21(19,20)13-11(2)16-18(12(13)3)9-6-7-14/h15H,5-10,14H2,1-4H3. The Hall–Kier alpha value is -0.960. The lowest BCUT2D eigenvalue weighted by molar-refractivity contribution is 0.358. The number of nitrogens with two attached hydrogens (primary N) is 1. The molecule has 21 heavy (non-hydrogen) atoms. The second-order valence-corrected chi connectivity index (χ2v) is 6.86. The van der Waals surface area contributed by atoms with Crippen LogP contribution in [0.2, 0.25) is 0 Å².